The molecule has 1 aliphatic heterocycles. The first-order valence-corrected chi connectivity index (χ1v) is 8.14. The second-order valence-corrected chi connectivity index (χ2v) is 6.77. The Hall–Kier alpha value is -0.120. The highest BCUT2D eigenvalue weighted by atomic mass is 16.5. The summed E-state index contributed by atoms with van der Waals surface area (Å²) in [5.41, 5.74) is 0. The van der Waals surface area contributed by atoms with Gasteiger partial charge in [-0.3, -0.25) is 4.90 Å². The fourth-order valence-electron chi connectivity index (χ4n) is 3.98. The average Bonchev–Trinajstić information content (AvgIpc) is 2.32. The van der Waals surface area contributed by atoms with Gasteiger partial charge in [0.25, 0.3) is 0 Å². The van der Waals surface area contributed by atoms with Crippen LogP contribution in [0.4, 0.5) is 0 Å². The van der Waals surface area contributed by atoms with E-state index >= 15 is 0 Å². The van der Waals surface area contributed by atoms with Gasteiger partial charge < -0.3 is 9.84 Å². The van der Waals surface area contributed by atoms with Crippen molar-refractivity contribution < 1.29 is 9.84 Å². The summed E-state index contributed by atoms with van der Waals surface area (Å²) in [5, 5.41) is 10.3. The molecule has 0 aromatic heterocycles. The molecule has 0 radical (unpaired) electrons. The van der Waals surface area contributed by atoms with Crippen LogP contribution in [0.25, 0.3) is 0 Å². The van der Waals surface area contributed by atoms with Crippen LogP contribution in [-0.4, -0.2) is 48.0 Å². The van der Waals surface area contributed by atoms with Gasteiger partial charge in [-0.2, -0.15) is 0 Å². The highest BCUT2D eigenvalue weighted by Crippen LogP contribution is 2.33. The van der Waals surface area contributed by atoms with E-state index in [1.54, 1.807) is 0 Å². The molecule has 112 valence electrons. The molecular weight excluding hydrogens is 238 g/mol. The Morgan fingerprint density at radius 1 is 1.16 bits per heavy atom. The van der Waals surface area contributed by atoms with Crippen LogP contribution in [0.1, 0.15) is 52.9 Å². The van der Waals surface area contributed by atoms with E-state index in [0.29, 0.717) is 18.1 Å². The summed E-state index contributed by atoms with van der Waals surface area (Å²) in [4.78, 5) is 2.50. The minimum atomic E-state index is -0.0819. The molecule has 0 aromatic rings. The number of rotatable bonds is 4. The molecule has 1 N–H and O–H groups in total. The molecule has 1 aliphatic carbocycles. The predicted octanol–water partition coefficient (Wildman–Crippen LogP) is 2.67. The summed E-state index contributed by atoms with van der Waals surface area (Å²) in [6.45, 7) is 9.67. The van der Waals surface area contributed by atoms with Crippen LogP contribution in [-0.2, 0) is 4.74 Å². The lowest BCUT2D eigenvalue weighted by molar-refractivity contribution is -0.0804. The number of aliphatic hydroxyl groups is 1. The minimum absolute atomic E-state index is 0.0819. The number of morpholine rings is 1. The Kier molecular flexibility index (Phi) is 5.67. The van der Waals surface area contributed by atoms with E-state index < -0.39 is 0 Å². The van der Waals surface area contributed by atoms with Gasteiger partial charge in [-0.1, -0.05) is 19.8 Å². The van der Waals surface area contributed by atoms with Crippen LogP contribution in [0.3, 0.4) is 0 Å². The van der Waals surface area contributed by atoms with E-state index in [1.165, 1.54) is 25.7 Å². The lowest BCUT2D eigenvalue weighted by atomic mass is 9.77. The first-order valence-electron chi connectivity index (χ1n) is 8.14. The smallest absolute Gasteiger partial charge is 0.0678 e. The van der Waals surface area contributed by atoms with E-state index in [1.807, 2.05) is 0 Å². The number of hydrogen-bond acceptors (Lipinski definition) is 3. The van der Waals surface area contributed by atoms with Crippen LogP contribution in [0.15, 0.2) is 0 Å². The van der Waals surface area contributed by atoms with Crippen molar-refractivity contribution in [3.05, 3.63) is 0 Å². The van der Waals surface area contributed by atoms with E-state index in [4.69, 9.17) is 4.74 Å². The van der Waals surface area contributed by atoms with Crippen molar-refractivity contribution >= 4 is 0 Å². The Morgan fingerprint density at radius 3 is 2.47 bits per heavy atom. The van der Waals surface area contributed by atoms with Gasteiger partial charge in [0, 0.05) is 19.6 Å². The molecule has 3 heteroatoms. The van der Waals surface area contributed by atoms with Gasteiger partial charge in [-0.15, -0.1) is 0 Å². The normalized spacial score (nSPS) is 41.4. The molecule has 1 saturated carbocycles. The largest absolute Gasteiger partial charge is 0.393 e. The molecule has 0 aromatic carbocycles. The SMILES string of the molecule is CCCC1CCC(O)C(CN2C[C@@H](C)O[C@@H](C)C2)C1. The third kappa shape index (κ3) is 4.44. The van der Waals surface area contributed by atoms with Crippen molar-refractivity contribution in [3.63, 3.8) is 0 Å². The zero-order valence-corrected chi connectivity index (χ0v) is 12.8. The van der Waals surface area contributed by atoms with Gasteiger partial charge in [0.2, 0.25) is 0 Å². The van der Waals surface area contributed by atoms with E-state index in [0.717, 1.165) is 32.0 Å². The van der Waals surface area contributed by atoms with E-state index in [9.17, 15) is 5.11 Å². The van der Waals surface area contributed by atoms with Crippen molar-refractivity contribution in [1.82, 2.24) is 4.90 Å². The summed E-state index contributed by atoms with van der Waals surface area (Å²) in [6.07, 6.45) is 6.63. The summed E-state index contributed by atoms with van der Waals surface area (Å²) >= 11 is 0. The van der Waals surface area contributed by atoms with Gasteiger partial charge >= 0.3 is 0 Å². The molecule has 3 nitrogen and oxygen atoms in total. The Bertz CT molecular complexity index is 261. The van der Waals surface area contributed by atoms with Gasteiger partial charge in [0.1, 0.15) is 0 Å². The molecule has 0 bridgehead atoms. The molecule has 1 heterocycles. The van der Waals surface area contributed by atoms with Crippen molar-refractivity contribution in [2.45, 2.75) is 71.2 Å². The molecule has 3 unspecified atom stereocenters. The Morgan fingerprint density at radius 2 is 1.84 bits per heavy atom. The van der Waals surface area contributed by atoms with E-state index in [-0.39, 0.29) is 6.10 Å². The molecule has 1 saturated heterocycles. The second-order valence-electron chi connectivity index (χ2n) is 6.77. The highest BCUT2D eigenvalue weighted by molar-refractivity contribution is 4.84. The summed E-state index contributed by atoms with van der Waals surface area (Å²) < 4.78 is 5.79. The minimum Gasteiger partial charge on any atom is -0.393 e. The average molecular weight is 269 g/mol. The van der Waals surface area contributed by atoms with Crippen molar-refractivity contribution in [2.24, 2.45) is 11.8 Å². The molecular formula is C16H31NO2. The van der Waals surface area contributed by atoms with Crippen molar-refractivity contribution in [1.29, 1.82) is 0 Å². The summed E-state index contributed by atoms with van der Waals surface area (Å²) in [5.74, 6) is 1.32. The van der Waals surface area contributed by atoms with Gasteiger partial charge in [-0.25, -0.2) is 0 Å². The molecule has 2 rings (SSSR count). The van der Waals surface area contributed by atoms with Gasteiger partial charge in [-0.05, 0) is 44.9 Å². The van der Waals surface area contributed by atoms with Gasteiger partial charge in [0.15, 0.2) is 0 Å². The maximum atomic E-state index is 10.3. The summed E-state index contributed by atoms with van der Waals surface area (Å²) in [6, 6.07) is 0. The standard InChI is InChI=1S/C16H31NO2/c1-4-5-14-6-7-16(18)15(8-14)11-17-9-12(2)19-13(3)10-17/h12-16,18H,4-11H2,1-3H3/t12-,13+,14?,15?,16?. The van der Waals surface area contributed by atoms with Crippen molar-refractivity contribution in [3.8, 4) is 0 Å². The van der Waals surface area contributed by atoms with Crippen LogP contribution < -0.4 is 0 Å². The topological polar surface area (TPSA) is 32.7 Å². The fourth-order valence-corrected chi connectivity index (χ4v) is 3.98. The Balaban J connectivity index is 1.85. The first-order chi connectivity index (χ1) is 9.08. The molecule has 0 amide bonds. The lowest BCUT2D eigenvalue weighted by Gasteiger charge is -2.40. The predicted molar refractivity (Wildman–Crippen MR) is 78.2 cm³/mol. The molecule has 0 spiro atoms. The quantitative estimate of drug-likeness (QED) is 0.851. The van der Waals surface area contributed by atoms with Crippen LogP contribution in [0.2, 0.25) is 0 Å². The highest BCUT2D eigenvalue weighted by Gasteiger charge is 2.32. The van der Waals surface area contributed by atoms with Crippen molar-refractivity contribution in [2.75, 3.05) is 19.6 Å². The third-order valence-electron chi connectivity index (χ3n) is 4.74. The van der Waals surface area contributed by atoms with E-state index in [2.05, 4.69) is 25.7 Å². The first kappa shape index (κ1) is 15.3. The van der Waals surface area contributed by atoms with Gasteiger partial charge in [0.05, 0.1) is 18.3 Å². The maximum Gasteiger partial charge on any atom is 0.0678 e. The number of aliphatic hydroxyl groups excluding tert-OH is 1. The monoisotopic (exact) mass is 269 g/mol. The molecule has 5 atom stereocenters. The maximum absolute atomic E-state index is 10.3. The third-order valence-corrected chi connectivity index (χ3v) is 4.74. The van der Waals surface area contributed by atoms with Crippen LogP contribution in [0, 0.1) is 11.8 Å². The lowest BCUT2D eigenvalue weighted by Crippen LogP contribution is -2.49. The number of ether oxygens (including phenoxy) is 1. The summed E-state index contributed by atoms with van der Waals surface area (Å²) in [7, 11) is 0. The zero-order valence-electron chi connectivity index (χ0n) is 12.8. The van der Waals surface area contributed by atoms with Crippen LogP contribution >= 0.6 is 0 Å². The Labute approximate surface area is 118 Å². The zero-order chi connectivity index (χ0) is 13.8. The molecule has 19 heavy (non-hydrogen) atoms. The fraction of sp³-hybridized carbons (Fsp3) is 1.00. The molecule has 2 fully saturated rings. The van der Waals surface area contributed by atoms with Crippen LogP contribution in [0.5, 0.6) is 0 Å². The second kappa shape index (κ2) is 7.05. The number of nitrogens with zero attached hydrogens (tertiary/aromatic N) is 1. The molecule has 2 aliphatic rings. The number of hydrogen-bond donors (Lipinski definition) is 1.